The molecule has 0 fully saturated rings. The van der Waals surface area contributed by atoms with Crippen molar-refractivity contribution in [3.05, 3.63) is 131 Å². The Bertz CT molecular complexity index is 1530. The molecule has 0 amide bonds. The zero-order valence-corrected chi connectivity index (χ0v) is 55.3. The first-order chi connectivity index (χ1) is 27.2. The average molecular weight is 1180 g/mol. The van der Waals surface area contributed by atoms with E-state index in [4.69, 9.17) is 25.9 Å². The van der Waals surface area contributed by atoms with Crippen LogP contribution in [0.5, 0.6) is 0 Å². The second-order valence-corrected chi connectivity index (χ2v) is 55.6. The van der Waals surface area contributed by atoms with Crippen LogP contribution >= 0.6 is 0 Å². The summed E-state index contributed by atoms with van der Waals surface area (Å²) in [7, 11) is -18.3. The first-order valence-corrected chi connectivity index (χ1v) is 43.5. The van der Waals surface area contributed by atoms with Crippen LogP contribution in [0.4, 0.5) is 26.3 Å². The third-order valence-corrected chi connectivity index (χ3v) is 44.4. The molecule has 6 nitrogen and oxygen atoms in total. The minimum absolute atomic E-state index is 0. The van der Waals surface area contributed by atoms with E-state index in [1.807, 2.05) is 121 Å². The van der Waals surface area contributed by atoms with Gasteiger partial charge in [0.15, 0.2) is 20.2 Å². The molecule has 0 aromatic heterocycles. The molecule has 0 saturated carbocycles. The second kappa shape index (κ2) is 36.5. The van der Waals surface area contributed by atoms with Gasteiger partial charge in [-0.2, -0.15) is 99.1 Å². The van der Waals surface area contributed by atoms with E-state index in [9.17, 15) is 26.3 Å². The van der Waals surface area contributed by atoms with Crippen molar-refractivity contribution in [1.82, 2.24) is 0 Å². The zero-order chi connectivity index (χ0) is 50.3. The van der Waals surface area contributed by atoms with Crippen LogP contribution < -0.4 is 0 Å². The average Bonchev–Trinajstić information content (AvgIpc) is 3.85. The molecule has 4 rings (SSSR count). The summed E-state index contributed by atoms with van der Waals surface area (Å²) in [6.45, 7) is 45.5. The van der Waals surface area contributed by atoms with Crippen LogP contribution in [0.3, 0.4) is 0 Å². The summed E-state index contributed by atoms with van der Waals surface area (Å²) >= 11 is 0. The van der Waals surface area contributed by atoms with Crippen LogP contribution in [0.1, 0.15) is 5.71 Å². The van der Waals surface area contributed by atoms with Gasteiger partial charge in [-0.25, -0.2) is 65.4 Å². The van der Waals surface area contributed by atoms with E-state index in [1.54, 1.807) is 0 Å². The fourth-order valence-corrected chi connectivity index (χ4v) is 62.0. The Morgan fingerprint density at radius 3 is 0.470 bits per heavy atom. The summed E-state index contributed by atoms with van der Waals surface area (Å²) in [5.74, 6) is 0. The van der Waals surface area contributed by atoms with Crippen LogP contribution in [0, 0.1) is 9.58 Å². The van der Waals surface area contributed by atoms with Gasteiger partial charge in [-0.15, -0.1) is 48.4 Å². The van der Waals surface area contributed by atoms with Gasteiger partial charge in [-0.3, -0.25) is 0 Å². The number of halogens is 6. The van der Waals surface area contributed by atoms with E-state index < -0.39 is 79.7 Å². The molecule has 0 aliphatic heterocycles. The number of rotatable bonds is 6. The molecule has 0 N–H and O–H groups in total. The largest absolute Gasteiger partial charge is 3.00 e. The number of hydrogen-bond donors (Lipinski definition) is 0. The minimum Gasteiger partial charge on any atom is -1.00 e. The van der Waals surface area contributed by atoms with Gasteiger partial charge in [0.25, 0.3) is 0 Å². The van der Waals surface area contributed by atoms with Crippen molar-refractivity contribution in [1.29, 1.82) is 0 Å². The molecule has 4 aromatic rings. The molecule has 0 saturated heterocycles. The Kier molecular flexibility index (Phi) is 46.2. The Labute approximate surface area is 460 Å². The van der Waals surface area contributed by atoms with E-state index in [1.165, 1.54) is 0 Å². The summed E-state index contributed by atoms with van der Waals surface area (Å²) in [6, 6.07) is 40.0. The minimum atomic E-state index is -6.09. The SMILES string of the molecule is C[Si](C)(C)[C-]([Si](C)(C)C)[Si](C)(C)C.C[Si](C)(C)[C-]([Si](C)(C)C)[Si](C)(C)C.O=S(=O)([O-])C(F)(F)F.O=S(=O)([O-])C(F)(F)F.[Al+3].[Al+3].[H-].[H-].[H-].[H-].[Ti+3].[Ti+3].c1cc[cH-]c1.c1cc[cH-]c1.c1cc[cH-]c1.c1cc[cH-]c1. The molecule has 0 heterocycles. The van der Waals surface area contributed by atoms with Crippen molar-refractivity contribution in [3.8, 4) is 0 Å². The van der Waals surface area contributed by atoms with Crippen LogP contribution in [-0.2, 0) is 63.7 Å². The third kappa shape index (κ3) is 46.9. The van der Waals surface area contributed by atoms with Gasteiger partial charge in [0.2, 0.25) is 0 Å². The monoisotopic (exact) mass is 1170 g/mol. The Balaban J connectivity index is -0.0000000554. The Morgan fingerprint density at radius 2 is 0.455 bits per heavy atom. The van der Waals surface area contributed by atoms with Crippen molar-refractivity contribution in [2.75, 3.05) is 0 Å². The first kappa shape index (κ1) is 83.5. The fraction of sp³-hybridized carbons (Fsp3) is 0.476. The molecule has 0 aliphatic carbocycles. The molecule has 66 heavy (non-hydrogen) atoms. The molecular weight excluding hydrogens is 1100 g/mol. The van der Waals surface area contributed by atoms with Gasteiger partial charge in [-0.1, -0.05) is 118 Å². The standard InChI is InChI=1S/2C10H27Si3.4C5H5.2CHF3O3S.2Al.2Ti.4H/c2*1-11(2,3)10(12(4,5)6)13(7,8)9;4*1-2-4-5-3-1;2*2-1(3,4)8(5,6)7;;;;;;;;/h2*1-9H3;4*1-5H;2*(H,5,6,7);;;;;;;;/q6*-1;;;4*+3;4*-1/p-2. The molecule has 0 spiro atoms. The van der Waals surface area contributed by atoms with E-state index >= 15 is 0 Å². The zero-order valence-electron chi connectivity index (χ0n) is 46.2. The topological polar surface area (TPSA) is 114 Å². The summed E-state index contributed by atoms with van der Waals surface area (Å²) in [4.78, 5) is 4.12. The molecule has 0 unspecified atom stereocenters. The molecule has 0 bridgehead atoms. The fourth-order valence-electron chi connectivity index (χ4n) is 8.03. The van der Waals surface area contributed by atoms with Gasteiger partial charge in [0.05, 0.1) is 0 Å². The number of hydrogen-bond acceptors (Lipinski definition) is 6. The normalized spacial score (nSPS) is 11.8. The van der Waals surface area contributed by atoms with Crippen molar-refractivity contribution >= 4 is 103 Å². The van der Waals surface area contributed by atoms with E-state index in [-0.39, 0.29) is 83.9 Å². The summed E-state index contributed by atoms with van der Waals surface area (Å²) in [5.41, 5.74) is -11.3. The second-order valence-electron chi connectivity index (χ2n) is 19.9. The van der Waals surface area contributed by atoms with Crippen molar-refractivity contribution in [2.24, 2.45) is 0 Å². The van der Waals surface area contributed by atoms with E-state index in [0.29, 0.717) is 0 Å². The molecule has 2 radical (unpaired) electrons. The van der Waals surface area contributed by atoms with Crippen molar-refractivity contribution < 1.29 is 101 Å². The molecular formula is C42H78Al2F6O6S2Si6Ti2. The van der Waals surface area contributed by atoms with Crippen LogP contribution in [-0.4, -0.2) is 120 Å². The van der Waals surface area contributed by atoms with Crippen molar-refractivity contribution in [3.63, 3.8) is 0 Å². The smallest absolute Gasteiger partial charge is 1.00 e. The first-order valence-electron chi connectivity index (χ1n) is 19.7. The Hall–Kier alpha value is 0.595. The molecule has 374 valence electrons. The van der Waals surface area contributed by atoms with E-state index in [0.717, 1.165) is 0 Å². The van der Waals surface area contributed by atoms with Gasteiger partial charge in [0, 0.05) is 0 Å². The van der Waals surface area contributed by atoms with Crippen LogP contribution in [0.2, 0.25) is 118 Å². The van der Waals surface area contributed by atoms with Gasteiger partial charge < -0.3 is 24.4 Å². The van der Waals surface area contributed by atoms with Crippen molar-refractivity contribution in [2.45, 2.75) is 129 Å². The molecule has 0 aliphatic rings. The van der Waals surface area contributed by atoms with E-state index in [2.05, 4.69) is 127 Å². The number of alkyl halides is 6. The predicted molar refractivity (Wildman–Crippen MR) is 282 cm³/mol. The van der Waals surface area contributed by atoms with Crippen LogP contribution in [0.15, 0.2) is 121 Å². The van der Waals surface area contributed by atoms with Gasteiger partial charge >= 0.3 is 89.2 Å². The summed E-state index contributed by atoms with van der Waals surface area (Å²) < 4.78 is 118. The maximum Gasteiger partial charge on any atom is 3.00 e. The molecule has 0 atom stereocenters. The van der Waals surface area contributed by atoms with Crippen LogP contribution in [0.25, 0.3) is 0 Å². The Morgan fingerprint density at radius 1 is 0.364 bits per heavy atom. The maximum atomic E-state index is 10.7. The maximum absolute atomic E-state index is 10.7. The van der Waals surface area contributed by atoms with Gasteiger partial charge in [-0.05, 0) is 0 Å². The summed E-state index contributed by atoms with van der Waals surface area (Å²) in [5, 5.41) is 0. The van der Waals surface area contributed by atoms with Gasteiger partial charge in [0.1, 0.15) is 0 Å². The quantitative estimate of drug-likeness (QED) is 0.0625. The molecule has 24 heteroatoms. The predicted octanol–water partition coefficient (Wildman–Crippen LogP) is 13.8. The third-order valence-electron chi connectivity index (χ3n) is 7.29. The molecule has 4 aromatic carbocycles. The summed E-state index contributed by atoms with van der Waals surface area (Å²) in [6.07, 6.45) is 0.